The normalized spacial score (nSPS) is 15.2. The first-order valence-electron chi connectivity index (χ1n) is 12.5. The Balaban J connectivity index is 1.75. The molecule has 5 rings (SSSR count). The molecule has 2 heterocycles. The average molecular weight is 570 g/mol. The Morgan fingerprint density at radius 3 is 2.42 bits per heavy atom. The number of aromatic nitrogens is 1. The summed E-state index contributed by atoms with van der Waals surface area (Å²) in [5, 5.41) is 4.39. The molecule has 2 aromatic carbocycles. The number of pyridine rings is 1. The zero-order chi connectivity index (χ0) is 23.1. The van der Waals surface area contributed by atoms with Gasteiger partial charge in [0.2, 0.25) is 0 Å². The van der Waals surface area contributed by atoms with Gasteiger partial charge in [0.15, 0.2) is 0 Å². The molecule has 1 fully saturated rings. The van der Waals surface area contributed by atoms with Gasteiger partial charge in [-0.15, -0.1) is 0 Å². The first kappa shape index (κ1) is 23.3. The van der Waals surface area contributed by atoms with Gasteiger partial charge in [-0.3, -0.25) is 0 Å². The summed E-state index contributed by atoms with van der Waals surface area (Å²) in [5.41, 5.74) is 7.43. The van der Waals surface area contributed by atoms with Crippen LogP contribution in [0.5, 0.6) is 0 Å². The quantitative estimate of drug-likeness (QED) is 0.172. The van der Waals surface area contributed by atoms with Crippen LogP contribution in [0, 0.1) is 19.8 Å². The molecule has 33 heavy (non-hydrogen) atoms. The molecule has 1 aliphatic rings. The number of hydrogen-bond acceptors (Lipinski definition) is 1. The fourth-order valence-corrected chi connectivity index (χ4v) is 10.7. The number of nitrogens with zero attached hydrogens (tertiary/aromatic N) is 1. The van der Waals surface area contributed by atoms with E-state index >= 15 is 0 Å². The van der Waals surface area contributed by atoms with E-state index in [-0.39, 0.29) is 20.9 Å². The van der Waals surface area contributed by atoms with Gasteiger partial charge in [0.05, 0.1) is 0 Å². The SMILES string of the molecule is Cc1c(-c2c3sc([Te]CC(C)C)c(C)c3cc[n+]2C)cc(C2CCCCC2)c2ccccc12. The first-order chi connectivity index (χ1) is 16.0. The van der Waals surface area contributed by atoms with Crippen LogP contribution in [0.4, 0.5) is 0 Å². The third-order valence-electron chi connectivity index (χ3n) is 7.38. The number of rotatable bonds is 5. The maximum atomic E-state index is 2.59. The molecule has 0 spiro atoms. The second-order valence-electron chi connectivity index (χ2n) is 10.3. The Morgan fingerprint density at radius 2 is 1.70 bits per heavy atom. The minimum atomic E-state index is -0.123. The van der Waals surface area contributed by atoms with E-state index in [1.165, 1.54) is 74.3 Å². The summed E-state index contributed by atoms with van der Waals surface area (Å²) in [6.07, 6.45) is 9.12. The second-order valence-corrected chi connectivity index (χ2v) is 15.0. The van der Waals surface area contributed by atoms with E-state index in [9.17, 15) is 0 Å². The predicted octanol–water partition coefficient (Wildman–Crippen LogP) is 7.61. The average Bonchev–Trinajstić information content (AvgIpc) is 3.14. The fourth-order valence-electron chi connectivity index (χ4n) is 5.54. The Bertz CT molecular complexity index is 1310. The Hall–Kier alpha value is -1.40. The van der Waals surface area contributed by atoms with E-state index in [1.807, 2.05) is 0 Å². The van der Waals surface area contributed by atoms with E-state index in [0.29, 0.717) is 5.92 Å². The third kappa shape index (κ3) is 4.38. The molecule has 0 unspecified atom stereocenters. The standard InChI is InChI=1S/C30H36NSTe/c1-19(2)18-33-30-21(4)24-15-16-31(5)28(29(24)32-30)26-17-27(22-11-7-6-8-12-22)25-14-10-9-13-23(25)20(26)3/h9-10,13-17,19,22H,6-8,11-12,18H2,1-5H3/q+1. The van der Waals surface area contributed by atoms with Gasteiger partial charge in [0, 0.05) is 0 Å². The van der Waals surface area contributed by atoms with Gasteiger partial charge in [-0.1, -0.05) is 0 Å². The van der Waals surface area contributed by atoms with E-state index in [4.69, 9.17) is 0 Å². The number of hydrogen-bond donors (Lipinski definition) is 0. The molecular formula is C30H36NSTe+. The van der Waals surface area contributed by atoms with Gasteiger partial charge >= 0.3 is 214 Å². The van der Waals surface area contributed by atoms with Crippen molar-refractivity contribution in [1.82, 2.24) is 0 Å². The summed E-state index contributed by atoms with van der Waals surface area (Å²) >= 11 is 1.97. The maximum absolute atomic E-state index is 2.59. The molecular weight excluding hydrogens is 534 g/mol. The minimum absolute atomic E-state index is 0.123. The molecule has 172 valence electrons. The Kier molecular flexibility index (Phi) is 6.86. The molecule has 1 nitrogen and oxygen atoms in total. The molecule has 0 radical (unpaired) electrons. The molecule has 0 aliphatic heterocycles. The third-order valence-corrected chi connectivity index (χ3v) is 14.0. The molecule has 4 aromatic rings. The van der Waals surface area contributed by atoms with Crippen molar-refractivity contribution >= 4 is 56.0 Å². The van der Waals surface area contributed by atoms with Gasteiger partial charge in [-0.25, -0.2) is 0 Å². The molecule has 3 heteroatoms. The van der Waals surface area contributed by atoms with Crippen LogP contribution in [-0.2, 0) is 7.05 Å². The van der Waals surface area contributed by atoms with E-state index in [2.05, 4.69) is 93.2 Å². The van der Waals surface area contributed by atoms with Gasteiger partial charge in [0.1, 0.15) is 0 Å². The van der Waals surface area contributed by atoms with Crippen LogP contribution >= 0.6 is 11.3 Å². The Morgan fingerprint density at radius 1 is 0.970 bits per heavy atom. The van der Waals surface area contributed by atoms with Crippen LogP contribution in [0.3, 0.4) is 0 Å². The summed E-state index contributed by atoms with van der Waals surface area (Å²) < 4.78 is 6.96. The first-order valence-corrected chi connectivity index (χ1v) is 16.2. The fraction of sp³-hybridized carbons (Fsp3) is 0.433. The van der Waals surface area contributed by atoms with Crippen molar-refractivity contribution in [3.8, 4) is 11.3 Å². The Labute approximate surface area is 213 Å². The van der Waals surface area contributed by atoms with Crippen molar-refractivity contribution in [3.05, 3.63) is 59.3 Å². The van der Waals surface area contributed by atoms with Crippen molar-refractivity contribution < 1.29 is 4.57 Å². The summed E-state index contributed by atoms with van der Waals surface area (Å²) in [6.45, 7) is 9.44. The predicted molar refractivity (Wildman–Crippen MR) is 146 cm³/mol. The molecule has 0 amide bonds. The van der Waals surface area contributed by atoms with Crippen molar-refractivity contribution in [1.29, 1.82) is 0 Å². The van der Waals surface area contributed by atoms with E-state index in [0.717, 1.165) is 5.92 Å². The van der Waals surface area contributed by atoms with Gasteiger partial charge < -0.3 is 0 Å². The zero-order valence-corrected chi connectivity index (χ0v) is 23.8. The zero-order valence-electron chi connectivity index (χ0n) is 20.7. The molecule has 1 saturated carbocycles. The molecule has 0 atom stereocenters. The molecule has 0 bridgehead atoms. The topological polar surface area (TPSA) is 3.88 Å². The summed E-state index contributed by atoms with van der Waals surface area (Å²) in [6, 6.07) is 14.1. The number of benzene rings is 2. The van der Waals surface area contributed by atoms with Crippen molar-refractivity contribution in [2.45, 2.75) is 70.2 Å². The number of thiophene rings is 1. The summed E-state index contributed by atoms with van der Waals surface area (Å²) in [7, 11) is 2.24. The summed E-state index contributed by atoms with van der Waals surface area (Å²) in [4.78, 5) is 0. The monoisotopic (exact) mass is 572 g/mol. The van der Waals surface area contributed by atoms with Crippen molar-refractivity contribution in [2.75, 3.05) is 0 Å². The van der Waals surface area contributed by atoms with Gasteiger partial charge in [-0.05, 0) is 0 Å². The van der Waals surface area contributed by atoms with Crippen molar-refractivity contribution in [3.63, 3.8) is 0 Å². The van der Waals surface area contributed by atoms with Gasteiger partial charge in [0.25, 0.3) is 0 Å². The number of fused-ring (bicyclic) bond motifs is 2. The molecule has 1 aliphatic carbocycles. The van der Waals surface area contributed by atoms with Crippen LogP contribution < -0.4 is 7.49 Å². The van der Waals surface area contributed by atoms with Crippen LogP contribution in [0.1, 0.15) is 68.6 Å². The van der Waals surface area contributed by atoms with Crippen LogP contribution in [0.15, 0.2) is 42.6 Å². The van der Waals surface area contributed by atoms with E-state index in [1.54, 1.807) is 14.1 Å². The van der Waals surface area contributed by atoms with Crippen molar-refractivity contribution in [2.24, 2.45) is 13.0 Å². The second kappa shape index (κ2) is 9.69. The van der Waals surface area contributed by atoms with E-state index < -0.39 is 0 Å². The van der Waals surface area contributed by atoms with Crippen LogP contribution in [-0.4, -0.2) is 20.9 Å². The summed E-state index contributed by atoms with van der Waals surface area (Å²) in [5.74, 6) is 1.50. The van der Waals surface area contributed by atoms with Gasteiger partial charge in [-0.2, -0.15) is 0 Å². The molecule has 0 saturated heterocycles. The molecule has 2 aromatic heterocycles. The van der Waals surface area contributed by atoms with Crippen LogP contribution in [0.2, 0.25) is 4.47 Å². The number of aryl methyl sites for hydroxylation is 3. The molecule has 0 N–H and O–H groups in total. The van der Waals surface area contributed by atoms with Crippen LogP contribution in [0.25, 0.3) is 32.1 Å².